The van der Waals surface area contributed by atoms with Crippen molar-refractivity contribution >= 4 is 5.97 Å². The highest BCUT2D eigenvalue weighted by Gasteiger charge is 2.10. The molecule has 0 spiro atoms. The van der Waals surface area contributed by atoms with Gasteiger partial charge in [0.2, 0.25) is 0 Å². The highest BCUT2D eigenvalue weighted by molar-refractivity contribution is 5.69. The van der Waals surface area contributed by atoms with E-state index in [0.717, 1.165) is 11.1 Å². The molecule has 0 saturated carbocycles. The summed E-state index contributed by atoms with van der Waals surface area (Å²) in [5.74, 6) is -0.799. The van der Waals surface area contributed by atoms with Gasteiger partial charge in [-0.1, -0.05) is 60.7 Å². The van der Waals surface area contributed by atoms with Crippen molar-refractivity contribution < 1.29 is 9.90 Å². The number of carboxylic acids is 1. The first-order chi connectivity index (χ1) is 9.24. The number of rotatable bonds is 6. The number of benzene rings is 2. The van der Waals surface area contributed by atoms with Gasteiger partial charge in [-0.25, -0.2) is 0 Å². The smallest absolute Gasteiger partial charge is 0.317 e. The Morgan fingerprint density at radius 3 is 1.60 bits per heavy atom. The third kappa shape index (κ3) is 5.22. The minimum atomic E-state index is -0.799. The Hall–Kier alpha value is -2.17. The maximum atomic E-state index is 10.9. The number of carboxylic acid groups (broad SMARTS) is 1. The number of aliphatic carboxylic acids is 1. The van der Waals surface area contributed by atoms with Crippen LogP contribution in [-0.2, 0) is 17.9 Å². The average molecular weight is 272 g/mol. The standard InChI is InChI=1S/C16H17NO2.H3N/c18-16(19)13-17(11-14-7-3-1-4-8-14)12-15-9-5-2-6-10-15;/h1-10H,11-13H2,(H,18,19);1H3. The van der Waals surface area contributed by atoms with Crippen LogP contribution in [-0.4, -0.2) is 22.5 Å². The largest absolute Gasteiger partial charge is 0.480 e. The van der Waals surface area contributed by atoms with E-state index in [1.165, 1.54) is 0 Å². The van der Waals surface area contributed by atoms with Crippen molar-refractivity contribution in [1.82, 2.24) is 11.1 Å². The van der Waals surface area contributed by atoms with Gasteiger partial charge in [0, 0.05) is 13.1 Å². The van der Waals surface area contributed by atoms with Crippen LogP contribution in [0, 0.1) is 0 Å². The number of nitrogens with zero attached hydrogens (tertiary/aromatic N) is 1. The quantitative estimate of drug-likeness (QED) is 0.847. The molecule has 2 aromatic rings. The van der Waals surface area contributed by atoms with Gasteiger partial charge in [0.25, 0.3) is 0 Å². The Labute approximate surface area is 119 Å². The molecule has 0 atom stereocenters. The zero-order valence-electron chi connectivity index (χ0n) is 11.4. The monoisotopic (exact) mass is 272 g/mol. The van der Waals surface area contributed by atoms with Gasteiger partial charge in [-0.05, 0) is 11.1 Å². The Kier molecular flexibility index (Phi) is 6.43. The first-order valence-corrected chi connectivity index (χ1v) is 6.26. The van der Waals surface area contributed by atoms with E-state index >= 15 is 0 Å². The minimum Gasteiger partial charge on any atom is -0.480 e. The molecule has 4 heteroatoms. The molecule has 0 radical (unpaired) electrons. The maximum absolute atomic E-state index is 10.9. The molecule has 2 aromatic carbocycles. The fourth-order valence-corrected chi connectivity index (χ4v) is 2.04. The second-order valence-corrected chi connectivity index (χ2v) is 4.51. The predicted molar refractivity (Wildman–Crippen MR) is 79.7 cm³/mol. The molecule has 20 heavy (non-hydrogen) atoms. The molecule has 0 aliphatic carbocycles. The minimum absolute atomic E-state index is 0. The molecule has 0 bridgehead atoms. The molecule has 4 nitrogen and oxygen atoms in total. The van der Waals surface area contributed by atoms with Gasteiger partial charge in [-0.3, -0.25) is 9.69 Å². The maximum Gasteiger partial charge on any atom is 0.317 e. The Balaban J connectivity index is 0.00000200. The van der Waals surface area contributed by atoms with E-state index < -0.39 is 5.97 Å². The van der Waals surface area contributed by atoms with Crippen molar-refractivity contribution in [2.45, 2.75) is 13.1 Å². The van der Waals surface area contributed by atoms with Crippen molar-refractivity contribution in [2.24, 2.45) is 0 Å². The van der Waals surface area contributed by atoms with Crippen molar-refractivity contribution in [3.05, 3.63) is 71.8 Å². The summed E-state index contributed by atoms with van der Waals surface area (Å²) in [7, 11) is 0. The Morgan fingerprint density at radius 1 is 0.850 bits per heavy atom. The van der Waals surface area contributed by atoms with Crippen LogP contribution in [0.15, 0.2) is 60.7 Å². The summed E-state index contributed by atoms with van der Waals surface area (Å²) in [6.45, 7) is 1.33. The fourth-order valence-electron chi connectivity index (χ4n) is 2.04. The zero-order valence-corrected chi connectivity index (χ0v) is 11.4. The van der Waals surface area contributed by atoms with E-state index in [2.05, 4.69) is 0 Å². The molecule has 106 valence electrons. The molecule has 4 N–H and O–H groups in total. The molecule has 0 aliphatic heterocycles. The Bertz CT molecular complexity index is 473. The lowest BCUT2D eigenvalue weighted by Gasteiger charge is -2.20. The first kappa shape index (κ1) is 15.9. The zero-order chi connectivity index (χ0) is 13.5. The van der Waals surface area contributed by atoms with Gasteiger partial charge in [-0.2, -0.15) is 0 Å². The van der Waals surface area contributed by atoms with Gasteiger partial charge in [-0.15, -0.1) is 0 Å². The summed E-state index contributed by atoms with van der Waals surface area (Å²) in [5.41, 5.74) is 2.25. The van der Waals surface area contributed by atoms with E-state index in [-0.39, 0.29) is 12.7 Å². The van der Waals surface area contributed by atoms with Crippen molar-refractivity contribution in [2.75, 3.05) is 6.54 Å². The predicted octanol–water partition coefficient (Wildman–Crippen LogP) is 2.94. The average Bonchev–Trinajstić information content (AvgIpc) is 2.40. The van der Waals surface area contributed by atoms with E-state index in [4.69, 9.17) is 5.11 Å². The lowest BCUT2D eigenvalue weighted by Crippen LogP contribution is -2.28. The second-order valence-electron chi connectivity index (χ2n) is 4.51. The normalized spacial score (nSPS) is 10.1. The Morgan fingerprint density at radius 2 is 1.25 bits per heavy atom. The summed E-state index contributed by atoms with van der Waals surface area (Å²) in [4.78, 5) is 12.9. The van der Waals surface area contributed by atoms with Crippen LogP contribution in [0.4, 0.5) is 0 Å². The number of hydrogen-bond donors (Lipinski definition) is 2. The van der Waals surface area contributed by atoms with Crippen LogP contribution in [0.5, 0.6) is 0 Å². The van der Waals surface area contributed by atoms with Crippen LogP contribution >= 0.6 is 0 Å². The number of carbonyl (C=O) groups is 1. The van der Waals surface area contributed by atoms with Crippen LogP contribution in [0.3, 0.4) is 0 Å². The van der Waals surface area contributed by atoms with Crippen LogP contribution < -0.4 is 6.15 Å². The summed E-state index contributed by atoms with van der Waals surface area (Å²) < 4.78 is 0. The number of hydrogen-bond acceptors (Lipinski definition) is 3. The lowest BCUT2D eigenvalue weighted by atomic mass is 10.1. The van der Waals surface area contributed by atoms with Gasteiger partial charge >= 0.3 is 5.97 Å². The van der Waals surface area contributed by atoms with Crippen LogP contribution in [0.1, 0.15) is 11.1 Å². The van der Waals surface area contributed by atoms with Gasteiger partial charge < -0.3 is 11.3 Å². The van der Waals surface area contributed by atoms with Crippen molar-refractivity contribution in [3.63, 3.8) is 0 Å². The van der Waals surface area contributed by atoms with E-state index in [1.807, 2.05) is 65.6 Å². The van der Waals surface area contributed by atoms with Gasteiger partial charge in [0.1, 0.15) is 0 Å². The molecule has 0 heterocycles. The third-order valence-electron chi connectivity index (χ3n) is 2.86. The highest BCUT2D eigenvalue weighted by Crippen LogP contribution is 2.09. The van der Waals surface area contributed by atoms with Crippen LogP contribution in [0.25, 0.3) is 0 Å². The molecular formula is C16H20N2O2. The van der Waals surface area contributed by atoms with Crippen molar-refractivity contribution in [1.29, 1.82) is 0 Å². The molecule has 0 unspecified atom stereocenters. The van der Waals surface area contributed by atoms with Crippen molar-refractivity contribution in [3.8, 4) is 0 Å². The molecule has 2 rings (SSSR count). The SMILES string of the molecule is N.O=C(O)CN(Cc1ccccc1)Cc1ccccc1. The van der Waals surface area contributed by atoms with Gasteiger partial charge in [0.05, 0.1) is 6.54 Å². The van der Waals surface area contributed by atoms with E-state index in [0.29, 0.717) is 13.1 Å². The lowest BCUT2D eigenvalue weighted by molar-refractivity contribution is -0.138. The molecule has 0 aromatic heterocycles. The van der Waals surface area contributed by atoms with Gasteiger partial charge in [0.15, 0.2) is 0 Å². The van der Waals surface area contributed by atoms with Crippen LogP contribution in [0.2, 0.25) is 0 Å². The molecule has 0 saturated heterocycles. The summed E-state index contributed by atoms with van der Waals surface area (Å²) in [5, 5.41) is 9.00. The van der Waals surface area contributed by atoms with E-state index in [9.17, 15) is 4.79 Å². The third-order valence-corrected chi connectivity index (χ3v) is 2.86. The molecular weight excluding hydrogens is 252 g/mol. The first-order valence-electron chi connectivity index (χ1n) is 6.26. The van der Waals surface area contributed by atoms with E-state index in [1.54, 1.807) is 0 Å². The fraction of sp³-hybridized carbons (Fsp3) is 0.188. The topological polar surface area (TPSA) is 75.5 Å². The molecule has 0 amide bonds. The summed E-state index contributed by atoms with van der Waals surface area (Å²) in [6, 6.07) is 19.9. The second kappa shape index (κ2) is 8.09. The molecule has 0 fully saturated rings. The molecule has 0 aliphatic rings. The highest BCUT2D eigenvalue weighted by atomic mass is 16.4. The summed E-state index contributed by atoms with van der Waals surface area (Å²) in [6.07, 6.45) is 0. The summed E-state index contributed by atoms with van der Waals surface area (Å²) >= 11 is 0.